The first kappa shape index (κ1) is 14.6. The van der Waals surface area contributed by atoms with Crippen molar-refractivity contribution in [3.8, 4) is 0 Å². The fourth-order valence-corrected chi connectivity index (χ4v) is 1.39. The molecule has 1 aromatic heterocycles. The molecule has 0 spiro atoms. The summed E-state index contributed by atoms with van der Waals surface area (Å²) in [5, 5.41) is 18.2. The van der Waals surface area contributed by atoms with Crippen molar-refractivity contribution in [1.82, 2.24) is 9.55 Å². The van der Waals surface area contributed by atoms with Crippen LogP contribution < -0.4 is 11.2 Å². The summed E-state index contributed by atoms with van der Waals surface area (Å²) in [7, 11) is 1.44. The first-order chi connectivity index (χ1) is 8.62. The lowest BCUT2D eigenvalue weighted by Crippen LogP contribution is -2.37. The molecule has 8 heteroatoms. The largest absolute Gasteiger partial charge is 0.394 e. The van der Waals surface area contributed by atoms with Crippen LogP contribution in [0.5, 0.6) is 0 Å². The van der Waals surface area contributed by atoms with Crippen molar-refractivity contribution >= 4 is 0 Å². The maximum absolute atomic E-state index is 11.5. The van der Waals surface area contributed by atoms with Gasteiger partial charge in [-0.15, -0.1) is 0 Å². The normalized spacial score (nSPS) is 14.4. The summed E-state index contributed by atoms with van der Waals surface area (Å²) >= 11 is 0. The van der Waals surface area contributed by atoms with Gasteiger partial charge in [-0.05, 0) is 0 Å². The maximum Gasteiger partial charge on any atom is 0.330 e. The van der Waals surface area contributed by atoms with Gasteiger partial charge in [0.2, 0.25) is 0 Å². The number of aromatic nitrogens is 2. The number of aromatic amines is 1. The molecule has 0 amide bonds. The van der Waals surface area contributed by atoms with Gasteiger partial charge in [0.15, 0.2) is 6.23 Å². The van der Waals surface area contributed by atoms with Crippen LogP contribution in [0, 0.1) is 0 Å². The fourth-order valence-electron chi connectivity index (χ4n) is 1.39. The number of nitrogens with zero attached hydrogens (tertiary/aromatic N) is 1. The molecule has 0 aromatic carbocycles. The highest BCUT2D eigenvalue weighted by atomic mass is 16.6. The van der Waals surface area contributed by atoms with Gasteiger partial charge < -0.3 is 19.7 Å². The Morgan fingerprint density at radius 3 is 2.61 bits per heavy atom. The first-order valence-electron chi connectivity index (χ1n) is 5.30. The van der Waals surface area contributed by atoms with E-state index in [1.165, 1.54) is 13.3 Å². The highest BCUT2D eigenvalue weighted by Gasteiger charge is 2.18. The van der Waals surface area contributed by atoms with E-state index in [9.17, 15) is 14.7 Å². The van der Waals surface area contributed by atoms with Crippen LogP contribution in [-0.2, 0) is 9.47 Å². The minimum absolute atomic E-state index is 0.116. The molecule has 0 bridgehead atoms. The Balaban J connectivity index is 2.88. The molecule has 0 aliphatic rings. The van der Waals surface area contributed by atoms with Crippen LogP contribution >= 0.6 is 0 Å². The predicted molar refractivity (Wildman–Crippen MR) is 61.3 cm³/mol. The zero-order valence-electron chi connectivity index (χ0n) is 9.91. The van der Waals surface area contributed by atoms with Crippen molar-refractivity contribution < 1.29 is 19.7 Å². The summed E-state index contributed by atoms with van der Waals surface area (Å²) in [5.74, 6) is 0. The number of hydrogen-bond acceptors (Lipinski definition) is 6. The van der Waals surface area contributed by atoms with E-state index in [1.54, 1.807) is 0 Å². The molecule has 0 radical (unpaired) electrons. The Morgan fingerprint density at radius 2 is 2.11 bits per heavy atom. The number of aliphatic hydroxyl groups excluding tert-OH is 2. The van der Waals surface area contributed by atoms with Crippen molar-refractivity contribution in [2.24, 2.45) is 0 Å². The molecule has 8 nitrogen and oxygen atoms in total. The van der Waals surface area contributed by atoms with Crippen LogP contribution in [0.25, 0.3) is 0 Å². The van der Waals surface area contributed by atoms with Crippen LogP contribution in [0.1, 0.15) is 6.23 Å². The van der Waals surface area contributed by atoms with Gasteiger partial charge >= 0.3 is 5.69 Å². The number of ether oxygens (including phenoxy) is 2. The molecule has 2 atom stereocenters. The molecule has 18 heavy (non-hydrogen) atoms. The molecule has 1 aromatic rings. The maximum atomic E-state index is 11.5. The zero-order valence-corrected chi connectivity index (χ0v) is 9.91. The smallest absolute Gasteiger partial charge is 0.330 e. The lowest BCUT2D eigenvalue weighted by Gasteiger charge is -2.22. The van der Waals surface area contributed by atoms with E-state index in [2.05, 4.69) is 0 Å². The molecule has 1 rings (SSSR count). The van der Waals surface area contributed by atoms with E-state index in [0.717, 1.165) is 10.6 Å². The van der Waals surface area contributed by atoms with E-state index in [0.29, 0.717) is 0 Å². The SMILES string of the molecule is COCC(CO)OC(CO)n1ccc(=O)[nH]c1=O. The molecule has 0 aliphatic heterocycles. The number of rotatable bonds is 7. The van der Waals surface area contributed by atoms with E-state index in [-0.39, 0.29) is 13.2 Å². The second-order valence-corrected chi connectivity index (χ2v) is 3.55. The van der Waals surface area contributed by atoms with Crippen molar-refractivity contribution in [3.05, 3.63) is 33.1 Å². The first-order valence-corrected chi connectivity index (χ1v) is 5.30. The topological polar surface area (TPSA) is 114 Å². The molecule has 102 valence electrons. The summed E-state index contributed by atoms with van der Waals surface area (Å²) in [6.45, 7) is -0.681. The van der Waals surface area contributed by atoms with Gasteiger partial charge in [0, 0.05) is 19.4 Å². The molecular formula is C10H16N2O6. The van der Waals surface area contributed by atoms with Gasteiger partial charge in [-0.3, -0.25) is 14.3 Å². The van der Waals surface area contributed by atoms with Crippen LogP contribution in [0.4, 0.5) is 0 Å². The number of methoxy groups -OCH3 is 1. The minimum Gasteiger partial charge on any atom is -0.394 e. The molecule has 0 aliphatic carbocycles. The van der Waals surface area contributed by atoms with Crippen molar-refractivity contribution in [1.29, 1.82) is 0 Å². The molecule has 0 saturated heterocycles. The Hall–Kier alpha value is -1.48. The summed E-state index contributed by atoms with van der Waals surface area (Å²) < 4.78 is 11.2. The van der Waals surface area contributed by atoms with Crippen LogP contribution in [0.15, 0.2) is 21.9 Å². The number of H-pyrrole nitrogens is 1. The molecule has 3 N–H and O–H groups in total. The Morgan fingerprint density at radius 1 is 1.39 bits per heavy atom. The zero-order chi connectivity index (χ0) is 13.5. The second kappa shape index (κ2) is 7.07. The van der Waals surface area contributed by atoms with E-state index < -0.39 is 30.2 Å². The number of nitrogens with one attached hydrogen (secondary N) is 1. The standard InChI is InChI=1S/C10H16N2O6/c1-17-6-7(4-13)18-9(5-14)12-3-2-8(15)11-10(12)16/h2-3,7,9,13-14H,4-6H2,1H3,(H,11,15,16). The average molecular weight is 260 g/mol. The van der Waals surface area contributed by atoms with Crippen LogP contribution in [-0.4, -0.2) is 52.8 Å². The van der Waals surface area contributed by atoms with Gasteiger partial charge in [0.05, 0.1) is 19.8 Å². The summed E-state index contributed by atoms with van der Waals surface area (Å²) in [5.41, 5.74) is -1.24. The van der Waals surface area contributed by atoms with Gasteiger partial charge in [-0.1, -0.05) is 0 Å². The third-order valence-corrected chi connectivity index (χ3v) is 2.22. The third kappa shape index (κ3) is 3.77. The number of aliphatic hydroxyl groups is 2. The average Bonchev–Trinajstić information content (AvgIpc) is 2.35. The van der Waals surface area contributed by atoms with Crippen molar-refractivity contribution in [3.63, 3.8) is 0 Å². The summed E-state index contributed by atoms with van der Waals surface area (Å²) in [6, 6.07) is 1.14. The predicted octanol–water partition coefficient (Wildman–Crippen LogP) is -1.95. The number of hydrogen-bond donors (Lipinski definition) is 3. The summed E-state index contributed by atoms with van der Waals surface area (Å²) in [4.78, 5) is 24.4. The van der Waals surface area contributed by atoms with Gasteiger partial charge in [0.1, 0.15) is 6.10 Å². The Bertz CT molecular complexity index is 468. The Labute approximate surface area is 102 Å². The van der Waals surface area contributed by atoms with E-state index in [4.69, 9.17) is 14.6 Å². The highest BCUT2D eigenvalue weighted by Crippen LogP contribution is 2.08. The molecular weight excluding hydrogens is 244 g/mol. The van der Waals surface area contributed by atoms with Crippen molar-refractivity contribution in [2.45, 2.75) is 12.3 Å². The molecule has 2 unspecified atom stereocenters. The Kier molecular flexibility index (Phi) is 5.72. The molecule has 1 heterocycles. The quantitative estimate of drug-likeness (QED) is 0.525. The van der Waals surface area contributed by atoms with Crippen molar-refractivity contribution in [2.75, 3.05) is 26.9 Å². The molecule has 0 fully saturated rings. The van der Waals surface area contributed by atoms with Gasteiger partial charge in [0.25, 0.3) is 5.56 Å². The van der Waals surface area contributed by atoms with Gasteiger partial charge in [-0.25, -0.2) is 4.79 Å². The lowest BCUT2D eigenvalue weighted by molar-refractivity contribution is -0.118. The summed E-state index contributed by atoms with van der Waals surface area (Å²) in [6.07, 6.45) is -0.462. The minimum atomic E-state index is -0.998. The van der Waals surface area contributed by atoms with Crippen LogP contribution in [0.3, 0.4) is 0 Å². The second-order valence-electron chi connectivity index (χ2n) is 3.55. The van der Waals surface area contributed by atoms with E-state index in [1.807, 2.05) is 4.98 Å². The molecule has 0 saturated carbocycles. The third-order valence-electron chi connectivity index (χ3n) is 2.22. The van der Waals surface area contributed by atoms with E-state index >= 15 is 0 Å². The highest BCUT2D eigenvalue weighted by molar-refractivity contribution is 4.84. The van der Waals surface area contributed by atoms with Gasteiger partial charge in [-0.2, -0.15) is 0 Å². The fraction of sp³-hybridized carbons (Fsp3) is 0.600. The lowest BCUT2D eigenvalue weighted by atomic mass is 10.4. The van der Waals surface area contributed by atoms with Crippen LogP contribution in [0.2, 0.25) is 0 Å². The monoisotopic (exact) mass is 260 g/mol.